The molecule has 0 saturated carbocycles. The van der Waals surface area contributed by atoms with Gasteiger partial charge in [-0.05, 0) is 42.9 Å². The van der Waals surface area contributed by atoms with Gasteiger partial charge in [-0.25, -0.2) is 0 Å². The maximum atomic E-state index is 6.04. The van der Waals surface area contributed by atoms with Gasteiger partial charge in [-0.1, -0.05) is 38.1 Å². The number of rotatable bonds is 6. The molecule has 1 saturated heterocycles. The lowest BCUT2D eigenvalue weighted by Crippen LogP contribution is -2.36. The molecule has 0 aromatic heterocycles. The van der Waals surface area contributed by atoms with Gasteiger partial charge < -0.3 is 10.5 Å². The molecule has 2 N–H and O–H groups in total. The molecule has 3 nitrogen and oxygen atoms in total. The number of nitrogens with two attached hydrogens (primary N) is 1. The first-order chi connectivity index (χ1) is 10.1. The molecule has 0 amide bonds. The average molecular weight is 290 g/mol. The van der Waals surface area contributed by atoms with Gasteiger partial charge in [0.2, 0.25) is 0 Å². The summed E-state index contributed by atoms with van der Waals surface area (Å²) in [6.45, 7) is 8.06. The number of ether oxygens (including phenoxy) is 1. The predicted molar refractivity (Wildman–Crippen MR) is 88.5 cm³/mol. The second kappa shape index (κ2) is 7.92. The lowest BCUT2D eigenvalue weighted by atomic mass is 9.96. The Morgan fingerprint density at radius 1 is 1.14 bits per heavy atom. The van der Waals surface area contributed by atoms with Crippen LogP contribution in [0.5, 0.6) is 0 Å². The van der Waals surface area contributed by atoms with Crippen LogP contribution in [0.1, 0.15) is 49.8 Å². The zero-order chi connectivity index (χ0) is 15.2. The zero-order valence-corrected chi connectivity index (χ0v) is 13.7. The minimum atomic E-state index is 0.314. The number of nitrogens with zero attached hydrogens (tertiary/aromatic N) is 1. The normalized spacial score (nSPS) is 18.4. The van der Waals surface area contributed by atoms with Gasteiger partial charge in [0.25, 0.3) is 0 Å². The second-order valence-electron chi connectivity index (χ2n) is 6.57. The number of benzene rings is 1. The lowest BCUT2D eigenvalue weighted by molar-refractivity contribution is 0.0507. The van der Waals surface area contributed by atoms with Crippen LogP contribution in [0, 0.1) is 5.92 Å². The van der Waals surface area contributed by atoms with E-state index in [-0.39, 0.29) is 0 Å². The van der Waals surface area contributed by atoms with E-state index in [4.69, 9.17) is 10.5 Å². The van der Waals surface area contributed by atoms with Crippen molar-refractivity contribution in [3.8, 4) is 0 Å². The van der Waals surface area contributed by atoms with Crippen LogP contribution in [0.3, 0.4) is 0 Å². The van der Waals surface area contributed by atoms with Gasteiger partial charge >= 0.3 is 0 Å². The van der Waals surface area contributed by atoms with Crippen LogP contribution in [0.4, 0.5) is 0 Å². The van der Waals surface area contributed by atoms with Crippen molar-refractivity contribution in [2.75, 3.05) is 33.4 Å². The van der Waals surface area contributed by atoms with Gasteiger partial charge in [0.15, 0.2) is 0 Å². The molecule has 0 radical (unpaired) electrons. The summed E-state index contributed by atoms with van der Waals surface area (Å²) >= 11 is 0. The van der Waals surface area contributed by atoms with Crippen LogP contribution in [-0.2, 0) is 4.74 Å². The number of hydrogen-bond acceptors (Lipinski definition) is 3. The summed E-state index contributed by atoms with van der Waals surface area (Å²) in [5.41, 5.74) is 8.76. The Balaban J connectivity index is 2.00. The Bertz CT molecular complexity index is 410. The molecule has 1 fully saturated rings. The summed E-state index contributed by atoms with van der Waals surface area (Å²) in [4.78, 5) is 2.42. The first kappa shape index (κ1) is 16.5. The SMILES string of the molecule is CC(C)c1ccc(C(CN)N(C)CC2CCOCC2)cc1. The highest BCUT2D eigenvalue weighted by Gasteiger charge is 2.21. The summed E-state index contributed by atoms with van der Waals surface area (Å²) in [6.07, 6.45) is 2.35. The summed E-state index contributed by atoms with van der Waals surface area (Å²) in [5, 5.41) is 0. The van der Waals surface area contributed by atoms with Gasteiger partial charge in [-0.3, -0.25) is 4.90 Å². The summed E-state index contributed by atoms with van der Waals surface area (Å²) in [7, 11) is 2.20. The largest absolute Gasteiger partial charge is 0.381 e. The molecular formula is C18H30N2O. The van der Waals surface area contributed by atoms with E-state index in [1.807, 2.05) is 0 Å². The highest BCUT2D eigenvalue weighted by atomic mass is 16.5. The Labute approximate surface area is 129 Å². The molecule has 1 aromatic rings. The van der Waals surface area contributed by atoms with Crippen LogP contribution in [-0.4, -0.2) is 38.3 Å². The van der Waals surface area contributed by atoms with E-state index in [1.165, 1.54) is 24.0 Å². The first-order valence-corrected chi connectivity index (χ1v) is 8.19. The maximum Gasteiger partial charge on any atom is 0.0469 e. The highest BCUT2D eigenvalue weighted by Crippen LogP contribution is 2.24. The van der Waals surface area contributed by atoms with Gasteiger partial charge in [0, 0.05) is 32.3 Å². The Morgan fingerprint density at radius 2 is 1.71 bits per heavy atom. The molecule has 2 rings (SSSR count). The van der Waals surface area contributed by atoms with E-state index >= 15 is 0 Å². The van der Waals surface area contributed by atoms with Crippen molar-refractivity contribution in [2.24, 2.45) is 11.7 Å². The molecule has 3 heteroatoms. The fourth-order valence-electron chi connectivity index (χ4n) is 3.14. The van der Waals surface area contributed by atoms with Crippen molar-refractivity contribution in [3.63, 3.8) is 0 Å². The van der Waals surface area contributed by atoms with Crippen LogP contribution in [0.25, 0.3) is 0 Å². The third-order valence-electron chi connectivity index (χ3n) is 4.63. The van der Waals surface area contributed by atoms with Crippen molar-refractivity contribution in [3.05, 3.63) is 35.4 Å². The van der Waals surface area contributed by atoms with E-state index in [2.05, 4.69) is 50.1 Å². The van der Waals surface area contributed by atoms with Crippen molar-refractivity contribution in [2.45, 2.75) is 38.6 Å². The second-order valence-corrected chi connectivity index (χ2v) is 6.57. The molecule has 0 spiro atoms. The van der Waals surface area contributed by atoms with Crippen molar-refractivity contribution in [1.82, 2.24) is 4.90 Å². The molecule has 1 aromatic carbocycles. The standard InChI is InChI=1S/C18H30N2O/c1-14(2)16-4-6-17(7-5-16)18(12-19)20(3)13-15-8-10-21-11-9-15/h4-7,14-15,18H,8-13,19H2,1-3H3. The summed E-state index contributed by atoms with van der Waals surface area (Å²) in [6, 6.07) is 9.28. The predicted octanol–water partition coefficient (Wildman–Crippen LogP) is 3.17. The van der Waals surface area contributed by atoms with Crippen molar-refractivity contribution in [1.29, 1.82) is 0 Å². The molecule has 1 heterocycles. The van der Waals surface area contributed by atoms with E-state index in [1.54, 1.807) is 0 Å². The summed E-state index contributed by atoms with van der Waals surface area (Å²) in [5.74, 6) is 1.32. The molecule has 1 unspecified atom stereocenters. The molecule has 118 valence electrons. The minimum absolute atomic E-state index is 0.314. The first-order valence-electron chi connectivity index (χ1n) is 8.19. The highest BCUT2D eigenvalue weighted by molar-refractivity contribution is 5.27. The van der Waals surface area contributed by atoms with Gasteiger partial charge in [-0.15, -0.1) is 0 Å². The molecule has 21 heavy (non-hydrogen) atoms. The average Bonchev–Trinajstić information content (AvgIpc) is 2.49. The van der Waals surface area contributed by atoms with Gasteiger partial charge in [0.05, 0.1) is 0 Å². The van der Waals surface area contributed by atoms with E-state index in [0.717, 1.165) is 25.7 Å². The quantitative estimate of drug-likeness (QED) is 0.874. The van der Waals surface area contributed by atoms with Crippen molar-refractivity contribution < 1.29 is 4.74 Å². The molecule has 0 bridgehead atoms. The zero-order valence-electron chi connectivity index (χ0n) is 13.7. The fourth-order valence-corrected chi connectivity index (χ4v) is 3.14. The molecule has 0 aliphatic carbocycles. The molecule has 1 aliphatic heterocycles. The fraction of sp³-hybridized carbons (Fsp3) is 0.667. The third kappa shape index (κ3) is 4.53. The topological polar surface area (TPSA) is 38.5 Å². The van der Waals surface area contributed by atoms with E-state index in [0.29, 0.717) is 18.5 Å². The number of likely N-dealkylation sites (N-methyl/N-ethyl adjacent to an activating group) is 1. The van der Waals surface area contributed by atoms with Crippen LogP contribution < -0.4 is 5.73 Å². The van der Waals surface area contributed by atoms with Crippen LogP contribution >= 0.6 is 0 Å². The van der Waals surface area contributed by atoms with Gasteiger partial charge in [0.1, 0.15) is 0 Å². The third-order valence-corrected chi connectivity index (χ3v) is 4.63. The molecular weight excluding hydrogens is 260 g/mol. The monoisotopic (exact) mass is 290 g/mol. The number of hydrogen-bond donors (Lipinski definition) is 1. The smallest absolute Gasteiger partial charge is 0.0469 e. The minimum Gasteiger partial charge on any atom is -0.381 e. The van der Waals surface area contributed by atoms with Crippen molar-refractivity contribution >= 4 is 0 Å². The van der Waals surface area contributed by atoms with Crippen LogP contribution in [0.2, 0.25) is 0 Å². The van der Waals surface area contributed by atoms with Crippen LogP contribution in [0.15, 0.2) is 24.3 Å². The Morgan fingerprint density at radius 3 is 2.24 bits per heavy atom. The maximum absolute atomic E-state index is 6.04. The Kier molecular flexibility index (Phi) is 6.22. The Hall–Kier alpha value is -0.900. The molecule has 1 atom stereocenters. The lowest BCUT2D eigenvalue weighted by Gasteiger charge is -2.32. The van der Waals surface area contributed by atoms with E-state index in [9.17, 15) is 0 Å². The molecule has 1 aliphatic rings. The van der Waals surface area contributed by atoms with Gasteiger partial charge in [-0.2, -0.15) is 0 Å². The summed E-state index contributed by atoms with van der Waals surface area (Å²) < 4.78 is 5.45. The van der Waals surface area contributed by atoms with E-state index < -0.39 is 0 Å².